The van der Waals surface area contributed by atoms with Crippen LogP contribution in [0.1, 0.15) is 38.3 Å². The lowest BCUT2D eigenvalue weighted by atomic mass is 10.1. The molecule has 27 heavy (non-hydrogen) atoms. The molecule has 0 aromatic heterocycles. The Balaban J connectivity index is 1.68. The van der Waals surface area contributed by atoms with Crippen LogP contribution in [0.3, 0.4) is 0 Å². The molecule has 0 radical (unpaired) electrons. The maximum Gasteiger partial charge on any atom is 0.191 e. The third-order valence-electron chi connectivity index (χ3n) is 5.18. The highest BCUT2D eigenvalue weighted by molar-refractivity contribution is 5.79. The minimum Gasteiger partial charge on any atom is -0.494 e. The number of hydrogen-bond donors (Lipinski definition) is 2. The molecule has 150 valence electrons. The number of guanidine groups is 1. The molecule has 0 saturated carbocycles. The normalized spacial score (nSPS) is 22.4. The highest BCUT2D eigenvalue weighted by Gasteiger charge is 2.22. The first-order chi connectivity index (χ1) is 13.1. The first-order valence-electron chi connectivity index (χ1n) is 10.2. The minimum absolute atomic E-state index is 0.233. The Morgan fingerprint density at radius 3 is 2.89 bits per heavy atom. The van der Waals surface area contributed by atoms with Gasteiger partial charge < -0.3 is 25.0 Å². The van der Waals surface area contributed by atoms with E-state index < -0.39 is 0 Å². The van der Waals surface area contributed by atoms with Crippen molar-refractivity contribution < 1.29 is 9.47 Å². The third kappa shape index (κ3) is 5.28. The molecule has 2 atom stereocenters. The van der Waals surface area contributed by atoms with E-state index in [4.69, 9.17) is 14.5 Å². The molecule has 0 amide bonds. The van der Waals surface area contributed by atoms with Crippen LogP contribution in [0.4, 0.5) is 0 Å². The minimum atomic E-state index is 0.233. The van der Waals surface area contributed by atoms with Gasteiger partial charge in [-0.15, -0.1) is 0 Å². The molecule has 2 unspecified atom stereocenters. The molecule has 1 saturated heterocycles. The molecule has 3 rings (SSSR count). The lowest BCUT2D eigenvalue weighted by Gasteiger charge is -2.16. The van der Waals surface area contributed by atoms with E-state index in [9.17, 15) is 0 Å². The fourth-order valence-electron chi connectivity index (χ4n) is 3.83. The fraction of sp³-hybridized carbons (Fsp3) is 0.667. The van der Waals surface area contributed by atoms with Crippen LogP contribution in [0.15, 0.2) is 17.1 Å². The Morgan fingerprint density at radius 1 is 1.33 bits per heavy atom. The van der Waals surface area contributed by atoms with Gasteiger partial charge in [-0.2, -0.15) is 0 Å². The number of aliphatic imine (C=N–C) groups is 1. The van der Waals surface area contributed by atoms with Crippen LogP contribution in [-0.2, 0) is 13.0 Å². The van der Waals surface area contributed by atoms with E-state index in [1.165, 1.54) is 18.5 Å². The summed E-state index contributed by atoms with van der Waals surface area (Å²) in [6, 6.07) is 4.23. The van der Waals surface area contributed by atoms with Gasteiger partial charge in [0.2, 0.25) is 0 Å². The van der Waals surface area contributed by atoms with Crippen molar-refractivity contribution >= 4 is 5.96 Å². The van der Waals surface area contributed by atoms with Crippen molar-refractivity contribution in [3.63, 3.8) is 0 Å². The van der Waals surface area contributed by atoms with E-state index in [2.05, 4.69) is 48.6 Å². The van der Waals surface area contributed by atoms with E-state index in [1.54, 1.807) is 0 Å². The molecule has 2 aliphatic rings. The second-order valence-electron chi connectivity index (χ2n) is 7.63. The standard InChI is InChI=1S/C21H34N4O2/c1-5-22-21(23-12-16-7-8-25(4)14-16)24-13-18-11-20-17(9-15(3)27-20)10-19(18)26-6-2/h10-11,15-16H,5-9,12-14H2,1-4H3,(H2,22,23,24). The Kier molecular flexibility index (Phi) is 6.83. The quantitative estimate of drug-likeness (QED) is 0.567. The van der Waals surface area contributed by atoms with E-state index in [0.717, 1.165) is 49.1 Å². The van der Waals surface area contributed by atoms with Crippen molar-refractivity contribution in [1.82, 2.24) is 15.5 Å². The van der Waals surface area contributed by atoms with Crippen LogP contribution in [0.5, 0.6) is 11.5 Å². The summed E-state index contributed by atoms with van der Waals surface area (Å²) in [4.78, 5) is 7.18. The number of fused-ring (bicyclic) bond motifs is 1. The van der Waals surface area contributed by atoms with Crippen molar-refractivity contribution in [3.05, 3.63) is 23.3 Å². The summed E-state index contributed by atoms with van der Waals surface area (Å²) in [5.74, 6) is 3.45. The lowest BCUT2D eigenvalue weighted by molar-refractivity contribution is 0.254. The molecular weight excluding hydrogens is 340 g/mol. The zero-order valence-corrected chi connectivity index (χ0v) is 17.2. The third-order valence-corrected chi connectivity index (χ3v) is 5.18. The van der Waals surface area contributed by atoms with E-state index in [1.807, 2.05) is 6.92 Å². The number of ether oxygens (including phenoxy) is 2. The maximum absolute atomic E-state index is 5.92. The smallest absolute Gasteiger partial charge is 0.191 e. The zero-order chi connectivity index (χ0) is 19.2. The lowest BCUT2D eigenvalue weighted by Crippen LogP contribution is -2.40. The van der Waals surface area contributed by atoms with Crippen molar-refractivity contribution in [2.45, 2.75) is 46.3 Å². The van der Waals surface area contributed by atoms with Crippen molar-refractivity contribution in [1.29, 1.82) is 0 Å². The molecule has 2 aliphatic heterocycles. The largest absolute Gasteiger partial charge is 0.494 e. The molecule has 6 heteroatoms. The van der Waals surface area contributed by atoms with Crippen molar-refractivity contribution in [2.75, 3.05) is 39.8 Å². The van der Waals surface area contributed by atoms with E-state index in [-0.39, 0.29) is 6.10 Å². The van der Waals surface area contributed by atoms with Crippen molar-refractivity contribution in [2.24, 2.45) is 10.9 Å². The molecule has 1 aromatic carbocycles. The fourth-order valence-corrected chi connectivity index (χ4v) is 3.83. The molecule has 6 nitrogen and oxygen atoms in total. The Labute approximate surface area is 163 Å². The predicted octanol–water partition coefficient (Wildman–Crippen LogP) is 2.42. The highest BCUT2D eigenvalue weighted by atomic mass is 16.5. The molecule has 0 spiro atoms. The molecule has 2 heterocycles. The monoisotopic (exact) mass is 374 g/mol. The van der Waals surface area contributed by atoms with E-state index >= 15 is 0 Å². The number of benzene rings is 1. The van der Waals surface area contributed by atoms with Gasteiger partial charge in [-0.3, -0.25) is 0 Å². The number of rotatable bonds is 7. The van der Waals surface area contributed by atoms with Gasteiger partial charge in [0.05, 0.1) is 13.2 Å². The second kappa shape index (κ2) is 9.31. The second-order valence-corrected chi connectivity index (χ2v) is 7.63. The first-order valence-corrected chi connectivity index (χ1v) is 10.2. The number of likely N-dealkylation sites (tertiary alicyclic amines) is 1. The summed E-state index contributed by atoms with van der Waals surface area (Å²) in [6.07, 6.45) is 2.42. The average Bonchev–Trinajstić information content (AvgIpc) is 3.21. The van der Waals surface area contributed by atoms with Crippen molar-refractivity contribution in [3.8, 4) is 11.5 Å². The number of nitrogens with one attached hydrogen (secondary N) is 2. The molecular formula is C21H34N4O2. The molecule has 2 N–H and O–H groups in total. The van der Waals surface area contributed by atoms with Gasteiger partial charge in [-0.05, 0) is 58.8 Å². The van der Waals surface area contributed by atoms with Crippen LogP contribution in [-0.4, -0.2) is 56.8 Å². The van der Waals surface area contributed by atoms with Gasteiger partial charge in [0.25, 0.3) is 0 Å². The summed E-state index contributed by atoms with van der Waals surface area (Å²) < 4.78 is 11.8. The molecule has 1 aromatic rings. The van der Waals surface area contributed by atoms with Crippen LogP contribution >= 0.6 is 0 Å². The van der Waals surface area contributed by atoms with E-state index in [0.29, 0.717) is 19.1 Å². The van der Waals surface area contributed by atoms with Crippen LogP contribution in [0.2, 0.25) is 0 Å². The van der Waals surface area contributed by atoms with Gasteiger partial charge in [0.1, 0.15) is 17.6 Å². The molecule has 0 bridgehead atoms. The van der Waals surface area contributed by atoms with Crippen LogP contribution < -0.4 is 20.1 Å². The Bertz CT molecular complexity index is 662. The van der Waals surface area contributed by atoms with Gasteiger partial charge in [0, 0.05) is 37.2 Å². The van der Waals surface area contributed by atoms with Crippen LogP contribution in [0, 0.1) is 5.92 Å². The zero-order valence-electron chi connectivity index (χ0n) is 17.2. The van der Waals surface area contributed by atoms with Gasteiger partial charge >= 0.3 is 0 Å². The molecule has 1 fully saturated rings. The van der Waals surface area contributed by atoms with Gasteiger partial charge in [-0.1, -0.05) is 0 Å². The summed E-state index contributed by atoms with van der Waals surface area (Å²) in [7, 11) is 2.19. The Morgan fingerprint density at radius 2 is 2.19 bits per heavy atom. The highest BCUT2D eigenvalue weighted by Crippen LogP contribution is 2.35. The topological polar surface area (TPSA) is 58.1 Å². The summed E-state index contributed by atoms with van der Waals surface area (Å²) in [5, 5.41) is 6.86. The summed E-state index contributed by atoms with van der Waals surface area (Å²) in [6.45, 7) is 11.6. The molecule has 0 aliphatic carbocycles. The average molecular weight is 375 g/mol. The predicted molar refractivity (Wildman–Crippen MR) is 110 cm³/mol. The maximum atomic E-state index is 5.92. The van der Waals surface area contributed by atoms with Crippen LogP contribution in [0.25, 0.3) is 0 Å². The first kappa shape index (κ1) is 19.8. The Hall–Kier alpha value is -1.95. The number of hydrogen-bond acceptors (Lipinski definition) is 4. The van der Waals surface area contributed by atoms with Gasteiger partial charge in [0.15, 0.2) is 5.96 Å². The SMILES string of the molecule is CCNC(=NCc1cc2c(cc1OCC)CC(C)O2)NCC1CCN(C)C1. The number of nitrogens with zero attached hydrogens (tertiary/aromatic N) is 2. The van der Waals surface area contributed by atoms with Gasteiger partial charge in [-0.25, -0.2) is 4.99 Å². The summed E-state index contributed by atoms with van der Waals surface area (Å²) in [5.41, 5.74) is 2.30. The summed E-state index contributed by atoms with van der Waals surface area (Å²) >= 11 is 0.